The minimum absolute atomic E-state index is 0.0155. The summed E-state index contributed by atoms with van der Waals surface area (Å²) >= 11 is 1.58. The predicted molar refractivity (Wildman–Crippen MR) is 119 cm³/mol. The number of benzene rings is 1. The first-order valence-corrected chi connectivity index (χ1v) is 11.4. The van der Waals surface area contributed by atoms with E-state index < -0.39 is 16.9 Å². The Hall–Kier alpha value is -2.88. The van der Waals surface area contributed by atoms with Crippen molar-refractivity contribution in [1.29, 1.82) is 0 Å². The van der Waals surface area contributed by atoms with Gasteiger partial charge in [0.25, 0.3) is 5.69 Å². The van der Waals surface area contributed by atoms with Gasteiger partial charge in [0.1, 0.15) is 6.04 Å². The minimum Gasteiger partial charge on any atom is -0.463 e. The third kappa shape index (κ3) is 5.25. The van der Waals surface area contributed by atoms with Crippen LogP contribution in [0.2, 0.25) is 0 Å². The average Bonchev–Trinajstić information content (AvgIpc) is 3.15. The number of thioether (sulfide) groups is 1. The Bertz CT molecular complexity index is 971. The van der Waals surface area contributed by atoms with Crippen molar-refractivity contribution in [3.05, 3.63) is 51.2 Å². The molecule has 0 saturated carbocycles. The fraction of sp³-hybridized carbons (Fsp3) is 0.476. The van der Waals surface area contributed by atoms with Gasteiger partial charge in [0, 0.05) is 23.6 Å². The third-order valence-corrected chi connectivity index (χ3v) is 5.90. The molecular formula is C21H27N5O4S. The summed E-state index contributed by atoms with van der Waals surface area (Å²) in [5.41, 5.74) is 1.71. The lowest BCUT2D eigenvalue weighted by atomic mass is 9.95. The van der Waals surface area contributed by atoms with Gasteiger partial charge in [-0.3, -0.25) is 10.1 Å². The Kier molecular flexibility index (Phi) is 7.67. The molecule has 2 heterocycles. The van der Waals surface area contributed by atoms with E-state index in [1.165, 1.54) is 31.4 Å². The smallest absolute Gasteiger partial charge is 0.338 e. The number of fused-ring (bicyclic) bond motifs is 1. The highest BCUT2D eigenvalue weighted by Crippen LogP contribution is 2.37. The number of allylic oxidation sites excluding steroid dienone is 1. The number of aromatic nitrogens is 3. The molecule has 0 radical (unpaired) electrons. The number of nitro benzene ring substituents is 1. The van der Waals surface area contributed by atoms with Crippen molar-refractivity contribution in [3.8, 4) is 0 Å². The molecule has 9 nitrogen and oxygen atoms in total. The largest absolute Gasteiger partial charge is 0.463 e. The van der Waals surface area contributed by atoms with E-state index in [2.05, 4.69) is 22.3 Å². The topological polar surface area (TPSA) is 112 Å². The first-order chi connectivity index (χ1) is 15.0. The zero-order valence-corrected chi connectivity index (χ0v) is 18.8. The Morgan fingerprint density at radius 1 is 1.26 bits per heavy atom. The lowest BCUT2D eigenvalue weighted by Crippen LogP contribution is -2.29. The number of hydrogen-bond donors (Lipinski definition) is 1. The highest BCUT2D eigenvalue weighted by atomic mass is 32.2. The number of nitro groups is 1. The summed E-state index contributed by atoms with van der Waals surface area (Å²) in [4.78, 5) is 27.9. The van der Waals surface area contributed by atoms with Crippen molar-refractivity contribution in [1.82, 2.24) is 14.8 Å². The molecule has 166 valence electrons. The van der Waals surface area contributed by atoms with Crippen LogP contribution in [-0.4, -0.2) is 38.0 Å². The maximum absolute atomic E-state index is 12.8. The molecule has 1 aliphatic rings. The van der Waals surface area contributed by atoms with Crippen LogP contribution >= 0.6 is 11.8 Å². The number of anilines is 1. The number of nitrogens with one attached hydrogen (secondary N) is 1. The zero-order valence-electron chi connectivity index (χ0n) is 18.0. The lowest BCUT2D eigenvalue weighted by molar-refractivity contribution is -0.384. The molecule has 0 spiro atoms. The summed E-state index contributed by atoms with van der Waals surface area (Å²) in [6, 6.07) is 5.55. The number of non-ortho nitro benzene ring substituents is 1. The molecule has 0 saturated heterocycles. The molecule has 1 aliphatic heterocycles. The van der Waals surface area contributed by atoms with E-state index in [4.69, 9.17) is 4.74 Å². The zero-order chi connectivity index (χ0) is 22.4. The van der Waals surface area contributed by atoms with Crippen molar-refractivity contribution in [3.63, 3.8) is 0 Å². The molecule has 2 aromatic rings. The number of carbonyl (C=O) groups excluding carboxylic acids is 1. The van der Waals surface area contributed by atoms with E-state index in [0.29, 0.717) is 27.9 Å². The summed E-state index contributed by atoms with van der Waals surface area (Å²) in [7, 11) is 0. The van der Waals surface area contributed by atoms with Crippen LogP contribution in [0.1, 0.15) is 58.1 Å². The quantitative estimate of drug-likeness (QED) is 0.184. The van der Waals surface area contributed by atoms with Crippen LogP contribution in [0.15, 0.2) is 40.7 Å². The second-order valence-corrected chi connectivity index (χ2v) is 8.27. The van der Waals surface area contributed by atoms with Gasteiger partial charge in [-0.15, -0.1) is 5.10 Å². The maximum atomic E-state index is 12.8. The monoisotopic (exact) mass is 445 g/mol. The Labute approximate surface area is 185 Å². The van der Waals surface area contributed by atoms with Crippen LogP contribution in [0.5, 0.6) is 0 Å². The summed E-state index contributed by atoms with van der Waals surface area (Å²) in [5.74, 6) is 0.999. The fourth-order valence-electron chi connectivity index (χ4n) is 3.44. The lowest BCUT2D eigenvalue weighted by Gasteiger charge is -2.28. The molecule has 1 unspecified atom stereocenters. The van der Waals surface area contributed by atoms with Gasteiger partial charge in [0.15, 0.2) is 0 Å². The number of hydrogen-bond acceptors (Lipinski definition) is 8. The van der Waals surface area contributed by atoms with E-state index >= 15 is 0 Å². The minimum atomic E-state index is -0.585. The fourth-order valence-corrected chi connectivity index (χ4v) is 4.27. The highest BCUT2D eigenvalue weighted by Gasteiger charge is 2.35. The van der Waals surface area contributed by atoms with E-state index in [1.807, 2.05) is 0 Å². The van der Waals surface area contributed by atoms with Crippen LogP contribution in [0.25, 0.3) is 0 Å². The van der Waals surface area contributed by atoms with Gasteiger partial charge in [-0.2, -0.15) is 4.98 Å². The number of carbonyl (C=O) groups is 1. The summed E-state index contributed by atoms with van der Waals surface area (Å²) in [6.45, 7) is 5.96. The van der Waals surface area contributed by atoms with Gasteiger partial charge in [0.2, 0.25) is 11.1 Å². The average molecular weight is 446 g/mol. The Morgan fingerprint density at radius 3 is 2.65 bits per heavy atom. The van der Waals surface area contributed by atoms with Gasteiger partial charge in [0.05, 0.1) is 17.1 Å². The van der Waals surface area contributed by atoms with Crippen molar-refractivity contribution in [2.45, 2.75) is 57.7 Å². The molecule has 3 rings (SSSR count). The summed E-state index contributed by atoms with van der Waals surface area (Å²) in [5, 5.41) is 19.5. The number of ether oxygens (including phenoxy) is 1. The molecule has 1 aromatic carbocycles. The van der Waals surface area contributed by atoms with Gasteiger partial charge in [-0.25, -0.2) is 9.48 Å². The highest BCUT2D eigenvalue weighted by molar-refractivity contribution is 7.99. The Balaban J connectivity index is 1.93. The second kappa shape index (κ2) is 10.4. The second-order valence-electron chi connectivity index (χ2n) is 7.21. The molecule has 1 N–H and O–H groups in total. The molecule has 10 heteroatoms. The first kappa shape index (κ1) is 22.8. The van der Waals surface area contributed by atoms with Gasteiger partial charge in [-0.1, -0.05) is 37.9 Å². The standard InChI is InChI=1S/C21H27N5O4S/c1-4-6-7-8-13-31-21-23-20-22-14(3)17(19(27)30-5-2)18(25(20)24-21)15-9-11-16(12-10-15)26(28)29/h9-12,18H,4-8,13H2,1-3H3,(H,22,23,24). The van der Waals surface area contributed by atoms with E-state index in [0.717, 1.165) is 12.2 Å². The molecule has 31 heavy (non-hydrogen) atoms. The van der Waals surface area contributed by atoms with Crippen molar-refractivity contribution in [2.75, 3.05) is 17.7 Å². The van der Waals surface area contributed by atoms with Crippen LogP contribution in [-0.2, 0) is 9.53 Å². The molecule has 1 aromatic heterocycles. The van der Waals surface area contributed by atoms with Crippen molar-refractivity contribution in [2.24, 2.45) is 0 Å². The van der Waals surface area contributed by atoms with Crippen LogP contribution in [0.3, 0.4) is 0 Å². The van der Waals surface area contributed by atoms with Crippen LogP contribution in [0, 0.1) is 10.1 Å². The maximum Gasteiger partial charge on any atom is 0.338 e. The predicted octanol–water partition coefficient (Wildman–Crippen LogP) is 4.71. The third-order valence-electron chi connectivity index (χ3n) is 4.98. The van der Waals surface area contributed by atoms with Gasteiger partial charge < -0.3 is 10.1 Å². The van der Waals surface area contributed by atoms with E-state index in [1.54, 1.807) is 42.4 Å². The van der Waals surface area contributed by atoms with Gasteiger partial charge >= 0.3 is 5.97 Å². The summed E-state index contributed by atoms with van der Waals surface area (Å²) < 4.78 is 6.94. The van der Waals surface area contributed by atoms with Crippen LogP contribution in [0.4, 0.5) is 11.6 Å². The van der Waals surface area contributed by atoms with E-state index in [-0.39, 0.29) is 12.3 Å². The molecule has 0 amide bonds. The van der Waals surface area contributed by atoms with Crippen molar-refractivity contribution >= 4 is 29.4 Å². The first-order valence-electron chi connectivity index (χ1n) is 10.4. The molecule has 0 bridgehead atoms. The SMILES string of the molecule is CCCCCCSc1nc2n(n1)C(c1ccc([N+](=O)[O-])cc1)C(C(=O)OCC)=C(C)N2. The summed E-state index contributed by atoms with van der Waals surface area (Å²) in [6.07, 6.45) is 4.66. The van der Waals surface area contributed by atoms with Crippen molar-refractivity contribution < 1.29 is 14.5 Å². The number of esters is 1. The number of nitrogens with zero attached hydrogens (tertiary/aromatic N) is 4. The molecular weight excluding hydrogens is 418 g/mol. The van der Waals surface area contributed by atoms with Gasteiger partial charge in [-0.05, 0) is 38.0 Å². The molecule has 1 atom stereocenters. The molecule has 0 fully saturated rings. The van der Waals surface area contributed by atoms with E-state index in [9.17, 15) is 14.9 Å². The normalized spacial score (nSPS) is 15.4. The number of rotatable bonds is 10. The number of unbranched alkanes of at least 4 members (excludes halogenated alkanes) is 3. The molecule has 0 aliphatic carbocycles. The van der Waals surface area contributed by atoms with Crippen LogP contribution < -0.4 is 5.32 Å². The Morgan fingerprint density at radius 2 is 2.00 bits per heavy atom.